The smallest absolute Gasteiger partial charge is 0.0945 e. The fourth-order valence-electron chi connectivity index (χ4n) is 1.36. The summed E-state index contributed by atoms with van der Waals surface area (Å²) < 4.78 is 6.35. The highest BCUT2D eigenvalue weighted by atomic mass is 79.9. The Hall–Kier alpha value is -0.580. The van der Waals surface area contributed by atoms with Gasteiger partial charge in [-0.3, -0.25) is 0 Å². The first-order valence-corrected chi connectivity index (χ1v) is 6.77. The molecule has 1 rings (SSSR count). The lowest BCUT2D eigenvalue weighted by Crippen LogP contribution is -2.25. The van der Waals surface area contributed by atoms with Crippen LogP contribution in [-0.2, 0) is 4.74 Å². The maximum atomic E-state index is 9.70. The molecule has 0 heterocycles. The van der Waals surface area contributed by atoms with Crippen LogP contribution in [0, 0.1) is 0 Å². The molecule has 0 saturated heterocycles. The number of nitrogens with one attached hydrogen (secondary N) is 1. The van der Waals surface area contributed by atoms with Crippen molar-refractivity contribution in [2.45, 2.75) is 25.9 Å². The van der Waals surface area contributed by atoms with E-state index in [1.54, 1.807) is 0 Å². The van der Waals surface area contributed by atoms with Crippen LogP contribution in [-0.4, -0.2) is 31.0 Å². The lowest BCUT2D eigenvalue weighted by atomic mass is 10.3. The predicted octanol–water partition coefficient (Wildman–Crippen LogP) is 3.04. The summed E-state index contributed by atoms with van der Waals surface area (Å²) in [6.45, 7) is 3.73. The molecule has 0 bridgehead atoms. The number of hydrogen-bond donors (Lipinski definition) is 2. The molecular formula is C13H20BrNO2. The van der Waals surface area contributed by atoms with E-state index in [-0.39, 0.29) is 0 Å². The Morgan fingerprint density at radius 2 is 2.18 bits per heavy atom. The largest absolute Gasteiger partial charge is 0.389 e. The van der Waals surface area contributed by atoms with Crippen molar-refractivity contribution in [2.24, 2.45) is 0 Å². The van der Waals surface area contributed by atoms with E-state index in [4.69, 9.17) is 4.74 Å². The average molecular weight is 302 g/mol. The molecule has 0 aliphatic carbocycles. The Kier molecular flexibility index (Phi) is 7.24. The number of para-hydroxylation sites is 1. The normalized spacial score (nSPS) is 12.4. The molecule has 1 atom stereocenters. The van der Waals surface area contributed by atoms with Crippen molar-refractivity contribution < 1.29 is 9.84 Å². The van der Waals surface area contributed by atoms with E-state index in [2.05, 4.69) is 28.2 Å². The van der Waals surface area contributed by atoms with Crippen LogP contribution in [0.4, 0.5) is 5.69 Å². The summed E-state index contributed by atoms with van der Waals surface area (Å²) in [5.41, 5.74) is 0.986. The molecule has 4 heteroatoms. The lowest BCUT2D eigenvalue weighted by molar-refractivity contribution is 0.0421. The van der Waals surface area contributed by atoms with Gasteiger partial charge in [-0.2, -0.15) is 0 Å². The second-order valence-electron chi connectivity index (χ2n) is 3.94. The predicted molar refractivity (Wildman–Crippen MR) is 74.4 cm³/mol. The number of rotatable bonds is 8. The zero-order valence-electron chi connectivity index (χ0n) is 10.2. The van der Waals surface area contributed by atoms with E-state index >= 15 is 0 Å². The Morgan fingerprint density at radius 1 is 1.41 bits per heavy atom. The summed E-state index contributed by atoms with van der Waals surface area (Å²) in [7, 11) is 0. The summed E-state index contributed by atoms with van der Waals surface area (Å²) in [4.78, 5) is 0. The third-order valence-electron chi connectivity index (χ3n) is 2.35. The molecule has 0 aliphatic heterocycles. The number of anilines is 1. The van der Waals surface area contributed by atoms with Gasteiger partial charge >= 0.3 is 0 Å². The van der Waals surface area contributed by atoms with Crippen LogP contribution in [0.3, 0.4) is 0 Å². The number of aliphatic hydroxyl groups excluding tert-OH is 1. The van der Waals surface area contributed by atoms with Gasteiger partial charge in [-0.05, 0) is 34.5 Å². The van der Waals surface area contributed by atoms with Gasteiger partial charge in [0.15, 0.2) is 0 Å². The van der Waals surface area contributed by atoms with Gasteiger partial charge in [0.2, 0.25) is 0 Å². The minimum absolute atomic E-state index is 0.386. The first-order valence-electron chi connectivity index (χ1n) is 5.98. The van der Waals surface area contributed by atoms with Gasteiger partial charge in [-0.1, -0.05) is 25.5 Å². The molecule has 0 aromatic heterocycles. The minimum atomic E-state index is -0.473. The molecule has 1 aromatic rings. The third-order valence-corrected chi connectivity index (χ3v) is 3.05. The summed E-state index contributed by atoms with van der Waals surface area (Å²) in [6, 6.07) is 7.85. The van der Waals surface area contributed by atoms with E-state index in [1.165, 1.54) is 0 Å². The van der Waals surface area contributed by atoms with Crippen molar-refractivity contribution in [3.05, 3.63) is 28.7 Å². The van der Waals surface area contributed by atoms with Crippen LogP contribution >= 0.6 is 15.9 Å². The van der Waals surface area contributed by atoms with Gasteiger partial charge in [0, 0.05) is 23.3 Å². The Morgan fingerprint density at radius 3 is 2.88 bits per heavy atom. The van der Waals surface area contributed by atoms with Crippen LogP contribution in [0.15, 0.2) is 28.7 Å². The minimum Gasteiger partial charge on any atom is -0.389 e. The maximum Gasteiger partial charge on any atom is 0.0945 e. The molecule has 0 amide bonds. The van der Waals surface area contributed by atoms with Gasteiger partial charge in [0.1, 0.15) is 0 Å². The third kappa shape index (κ3) is 6.05. The van der Waals surface area contributed by atoms with Crippen molar-refractivity contribution in [1.29, 1.82) is 0 Å². The fourth-order valence-corrected chi connectivity index (χ4v) is 1.78. The van der Waals surface area contributed by atoms with Gasteiger partial charge in [0.25, 0.3) is 0 Å². The molecule has 0 spiro atoms. The highest BCUT2D eigenvalue weighted by Gasteiger charge is 2.05. The van der Waals surface area contributed by atoms with Crippen molar-refractivity contribution in [3.63, 3.8) is 0 Å². The van der Waals surface area contributed by atoms with E-state index < -0.39 is 6.10 Å². The first kappa shape index (κ1) is 14.5. The molecule has 1 unspecified atom stereocenters. The average Bonchev–Trinajstić information content (AvgIpc) is 2.34. The SMILES string of the molecule is CCCCOCC(O)CNc1ccccc1Br. The van der Waals surface area contributed by atoms with Crippen molar-refractivity contribution in [1.82, 2.24) is 0 Å². The lowest BCUT2D eigenvalue weighted by Gasteiger charge is -2.14. The number of ether oxygens (including phenoxy) is 1. The van der Waals surface area contributed by atoms with Gasteiger partial charge in [0.05, 0.1) is 12.7 Å². The van der Waals surface area contributed by atoms with Crippen LogP contribution < -0.4 is 5.32 Å². The van der Waals surface area contributed by atoms with Crippen LogP contribution in [0.1, 0.15) is 19.8 Å². The topological polar surface area (TPSA) is 41.5 Å². The number of halogens is 1. The van der Waals surface area contributed by atoms with E-state index in [0.29, 0.717) is 13.2 Å². The molecular weight excluding hydrogens is 282 g/mol. The van der Waals surface area contributed by atoms with Crippen molar-refractivity contribution in [2.75, 3.05) is 25.1 Å². The molecule has 2 N–H and O–H groups in total. The van der Waals surface area contributed by atoms with Crippen molar-refractivity contribution in [3.8, 4) is 0 Å². The summed E-state index contributed by atoms with van der Waals surface area (Å²) in [6.07, 6.45) is 1.69. The van der Waals surface area contributed by atoms with Gasteiger partial charge in [-0.25, -0.2) is 0 Å². The van der Waals surface area contributed by atoms with Crippen molar-refractivity contribution >= 4 is 21.6 Å². The number of benzene rings is 1. The van der Waals surface area contributed by atoms with E-state index in [0.717, 1.165) is 29.6 Å². The maximum absolute atomic E-state index is 9.70. The number of aliphatic hydroxyl groups is 1. The zero-order chi connectivity index (χ0) is 12.5. The molecule has 1 aromatic carbocycles. The molecule has 0 fully saturated rings. The van der Waals surface area contributed by atoms with Gasteiger partial charge in [-0.15, -0.1) is 0 Å². The first-order chi connectivity index (χ1) is 8.24. The highest BCUT2D eigenvalue weighted by molar-refractivity contribution is 9.10. The molecule has 0 saturated carbocycles. The van der Waals surface area contributed by atoms with Crippen LogP contribution in [0.25, 0.3) is 0 Å². The van der Waals surface area contributed by atoms with E-state index in [1.807, 2.05) is 24.3 Å². The van der Waals surface area contributed by atoms with Crippen LogP contribution in [0.5, 0.6) is 0 Å². The quantitative estimate of drug-likeness (QED) is 0.725. The molecule has 96 valence electrons. The second kappa shape index (κ2) is 8.50. The number of unbranched alkanes of at least 4 members (excludes halogenated alkanes) is 1. The Labute approximate surface area is 111 Å². The van der Waals surface area contributed by atoms with Gasteiger partial charge < -0.3 is 15.2 Å². The summed E-state index contributed by atoms with van der Waals surface area (Å²) >= 11 is 3.44. The second-order valence-corrected chi connectivity index (χ2v) is 4.80. The Balaban J connectivity index is 2.19. The molecule has 0 radical (unpaired) electrons. The molecule has 0 aliphatic rings. The summed E-state index contributed by atoms with van der Waals surface area (Å²) in [5.74, 6) is 0. The zero-order valence-corrected chi connectivity index (χ0v) is 11.7. The highest BCUT2D eigenvalue weighted by Crippen LogP contribution is 2.20. The number of hydrogen-bond acceptors (Lipinski definition) is 3. The van der Waals surface area contributed by atoms with Crippen LogP contribution in [0.2, 0.25) is 0 Å². The monoisotopic (exact) mass is 301 g/mol. The van der Waals surface area contributed by atoms with E-state index in [9.17, 15) is 5.11 Å². The summed E-state index contributed by atoms with van der Waals surface area (Å²) in [5, 5.41) is 12.9. The molecule has 3 nitrogen and oxygen atoms in total. The fraction of sp³-hybridized carbons (Fsp3) is 0.538. The Bertz CT molecular complexity index is 320. The standard InChI is InChI=1S/C13H20BrNO2/c1-2-3-8-17-10-11(16)9-15-13-7-5-4-6-12(13)14/h4-7,11,15-16H,2-3,8-10H2,1H3. The molecule has 17 heavy (non-hydrogen) atoms.